The first-order chi connectivity index (χ1) is 20.5. The van der Waals surface area contributed by atoms with Crippen molar-refractivity contribution in [3.8, 4) is 0 Å². The van der Waals surface area contributed by atoms with Crippen LogP contribution >= 0.6 is 0 Å². The molecule has 0 radical (unpaired) electrons. The maximum atomic E-state index is 13.4. The van der Waals surface area contributed by atoms with E-state index in [0.29, 0.717) is 24.3 Å². The van der Waals surface area contributed by atoms with Crippen molar-refractivity contribution in [2.75, 3.05) is 44.2 Å². The molecule has 0 atom stereocenters. The molecule has 13 nitrogen and oxygen atoms in total. The number of nitrogens with zero attached hydrogens (tertiary/aromatic N) is 4. The van der Waals surface area contributed by atoms with Crippen molar-refractivity contribution in [3.63, 3.8) is 0 Å². The molecule has 2 aliphatic rings. The Morgan fingerprint density at radius 1 is 0.744 bits per heavy atom. The fourth-order valence-corrected chi connectivity index (χ4v) is 4.53. The molecule has 0 unspecified atom stereocenters. The molecule has 0 spiro atoms. The number of carboxylic acid groups (broad SMARTS) is 4. The average molecular weight is 598 g/mol. The number of benzene rings is 2. The first kappa shape index (κ1) is 32.4. The van der Waals surface area contributed by atoms with Crippen molar-refractivity contribution < 1.29 is 44.0 Å². The molecule has 2 aromatic carbocycles. The zero-order valence-electron chi connectivity index (χ0n) is 23.1. The van der Waals surface area contributed by atoms with Crippen LogP contribution in [0.5, 0.6) is 0 Å². The highest BCUT2D eigenvalue weighted by Gasteiger charge is 2.23. The number of aromatic nitrogens is 2. The van der Waals surface area contributed by atoms with Gasteiger partial charge in [-0.25, -0.2) is 23.6 Å². The van der Waals surface area contributed by atoms with Gasteiger partial charge in [-0.05, 0) is 29.3 Å². The van der Waals surface area contributed by atoms with Crippen LogP contribution in [-0.2, 0) is 32.3 Å². The lowest BCUT2D eigenvalue weighted by atomic mass is 10.1. The van der Waals surface area contributed by atoms with E-state index in [-0.39, 0.29) is 5.82 Å². The first-order valence-electron chi connectivity index (χ1n) is 13.2. The summed E-state index contributed by atoms with van der Waals surface area (Å²) < 4.78 is 13.4. The number of piperazine rings is 1. The third kappa shape index (κ3) is 10.7. The van der Waals surface area contributed by atoms with Gasteiger partial charge < -0.3 is 25.3 Å². The summed E-state index contributed by atoms with van der Waals surface area (Å²) in [6.45, 7) is 8.35. The molecule has 3 heterocycles. The Balaban J connectivity index is 0.000000263. The molecular weight excluding hydrogens is 565 g/mol. The van der Waals surface area contributed by atoms with Crippen LogP contribution in [0.15, 0.2) is 66.8 Å². The second-order valence-electron chi connectivity index (χ2n) is 9.56. The van der Waals surface area contributed by atoms with E-state index in [9.17, 15) is 23.6 Å². The number of carbonyl (C=O) groups is 4. The molecule has 1 saturated heterocycles. The Hall–Kier alpha value is -5.08. The summed E-state index contributed by atoms with van der Waals surface area (Å²) in [5.74, 6) is -4.31. The Morgan fingerprint density at radius 3 is 1.72 bits per heavy atom. The van der Waals surface area contributed by atoms with Gasteiger partial charge in [0.2, 0.25) is 0 Å². The molecule has 14 heteroatoms. The van der Waals surface area contributed by atoms with Crippen LogP contribution in [0.2, 0.25) is 0 Å². The van der Waals surface area contributed by atoms with Gasteiger partial charge in [-0.1, -0.05) is 24.3 Å². The van der Waals surface area contributed by atoms with Gasteiger partial charge in [-0.2, -0.15) is 5.10 Å². The van der Waals surface area contributed by atoms with Crippen LogP contribution in [0.1, 0.15) is 11.1 Å². The first-order valence-corrected chi connectivity index (χ1v) is 13.2. The molecule has 2 aliphatic heterocycles. The van der Waals surface area contributed by atoms with Gasteiger partial charge in [0.1, 0.15) is 5.82 Å². The summed E-state index contributed by atoms with van der Waals surface area (Å²) in [6.07, 6.45) is 2.23. The van der Waals surface area contributed by atoms with Gasteiger partial charge in [0.05, 0.1) is 5.52 Å². The van der Waals surface area contributed by atoms with E-state index in [1.165, 1.54) is 23.3 Å². The van der Waals surface area contributed by atoms with E-state index in [1.807, 2.05) is 6.07 Å². The summed E-state index contributed by atoms with van der Waals surface area (Å²) >= 11 is 0. The molecule has 43 heavy (non-hydrogen) atoms. The zero-order valence-corrected chi connectivity index (χ0v) is 23.1. The number of aliphatic carboxylic acids is 4. The number of H-pyrrole nitrogens is 1. The number of nitrogens with one attached hydrogen (secondary N) is 1. The minimum atomic E-state index is -1.26. The highest BCUT2D eigenvalue weighted by atomic mass is 19.1. The smallest absolute Gasteiger partial charge is 0.328 e. The number of fused-ring (bicyclic) bond motifs is 2. The normalized spacial score (nSPS) is 15.0. The predicted octanol–water partition coefficient (Wildman–Crippen LogP) is 2.26. The monoisotopic (exact) mass is 597 g/mol. The Labute approximate surface area is 245 Å². The van der Waals surface area contributed by atoms with Crippen LogP contribution in [0.25, 0.3) is 10.9 Å². The van der Waals surface area contributed by atoms with E-state index in [4.69, 9.17) is 20.4 Å². The quantitative estimate of drug-likeness (QED) is 0.239. The molecule has 1 aromatic heterocycles. The van der Waals surface area contributed by atoms with Gasteiger partial charge in [0.25, 0.3) is 0 Å². The van der Waals surface area contributed by atoms with Crippen molar-refractivity contribution in [2.24, 2.45) is 0 Å². The van der Waals surface area contributed by atoms with Crippen LogP contribution < -0.4 is 4.90 Å². The standard InChI is InChI=1S/C21H24FN5.2C4H4O4/c22-18-5-6-19-20(13-18)23-24-21(19)27-11-9-25(10-12-27)7-8-26-14-16-3-1-2-4-17(16)15-26;2*5-3(6)1-2-4(7)8/h1-6,13H,7-12,14-15H2,(H,23,24);2*1-2H,(H,5,6)(H,7,8)/b;2*2-1-. The topological polar surface area (TPSA) is 188 Å². The van der Waals surface area contributed by atoms with Gasteiger partial charge in [-0.15, -0.1) is 0 Å². The number of carboxylic acids is 4. The van der Waals surface area contributed by atoms with Crippen LogP contribution in [0, 0.1) is 5.82 Å². The number of hydrogen-bond donors (Lipinski definition) is 5. The largest absolute Gasteiger partial charge is 0.478 e. The van der Waals surface area contributed by atoms with Crippen LogP contribution in [0.3, 0.4) is 0 Å². The summed E-state index contributed by atoms with van der Waals surface area (Å²) in [5.41, 5.74) is 3.72. The van der Waals surface area contributed by atoms with Gasteiger partial charge in [0, 0.05) is 82.0 Å². The van der Waals surface area contributed by atoms with Crippen molar-refractivity contribution >= 4 is 40.6 Å². The van der Waals surface area contributed by atoms with Gasteiger partial charge in [0.15, 0.2) is 5.82 Å². The fraction of sp³-hybridized carbons (Fsp3) is 0.276. The minimum Gasteiger partial charge on any atom is -0.478 e. The lowest BCUT2D eigenvalue weighted by molar-refractivity contribution is -0.134. The maximum absolute atomic E-state index is 13.4. The second-order valence-corrected chi connectivity index (χ2v) is 9.56. The van der Waals surface area contributed by atoms with Crippen molar-refractivity contribution in [2.45, 2.75) is 13.1 Å². The molecule has 0 saturated carbocycles. The SMILES string of the molecule is Fc1ccc2c(N3CCN(CCN4Cc5ccccc5C4)CC3)n[nH]c2c1.O=C(O)/C=C\C(=O)O.O=C(O)/C=C\C(=O)O. The Bertz CT molecular complexity index is 1410. The number of anilines is 1. The van der Waals surface area contributed by atoms with Crippen molar-refractivity contribution in [1.29, 1.82) is 0 Å². The number of rotatable bonds is 8. The highest BCUT2D eigenvalue weighted by Crippen LogP contribution is 2.26. The summed E-state index contributed by atoms with van der Waals surface area (Å²) in [5, 5.41) is 39.6. The van der Waals surface area contributed by atoms with E-state index < -0.39 is 23.9 Å². The number of hydrogen-bond acceptors (Lipinski definition) is 8. The predicted molar refractivity (Wildman–Crippen MR) is 154 cm³/mol. The molecule has 0 bridgehead atoms. The Kier molecular flexibility index (Phi) is 11.9. The van der Waals surface area contributed by atoms with E-state index in [0.717, 1.165) is 69.1 Å². The number of halogens is 1. The Morgan fingerprint density at radius 2 is 1.23 bits per heavy atom. The third-order valence-electron chi connectivity index (χ3n) is 6.55. The summed E-state index contributed by atoms with van der Waals surface area (Å²) in [6, 6.07) is 13.6. The molecule has 0 amide bonds. The van der Waals surface area contributed by atoms with Crippen LogP contribution in [0.4, 0.5) is 10.2 Å². The number of aromatic amines is 1. The molecular formula is C29H32FN5O8. The second kappa shape index (κ2) is 15.8. The fourth-order valence-electron chi connectivity index (χ4n) is 4.53. The minimum absolute atomic E-state index is 0.230. The third-order valence-corrected chi connectivity index (χ3v) is 6.55. The molecule has 228 valence electrons. The lowest BCUT2D eigenvalue weighted by Crippen LogP contribution is -2.48. The van der Waals surface area contributed by atoms with E-state index in [1.54, 1.807) is 0 Å². The van der Waals surface area contributed by atoms with E-state index in [2.05, 4.69) is 49.2 Å². The van der Waals surface area contributed by atoms with Gasteiger partial charge in [-0.3, -0.25) is 14.9 Å². The van der Waals surface area contributed by atoms with Gasteiger partial charge >= 0.3 is 23.9 Å². The summed E-state index contributed by atoms with van der Waals surface area (Å²) in [7, 11) is 0. The highest BCUT2D eigenvalue weighted by molar-refractivity contribution is 5.91. The average Bonchev–Trinajstić information content (AvgIpc) is 3.58. The van der Waals surface area contributed by atoms with E-state index >= 15 is 0 Å². The van der Waals surface area contributed by atoms with Crippen molar-refractivity contribution in [3.05, 3.63) is 83.7 Å². The molecule has 5 rings (SSSR count). The van der Waals surface area contributed by atoms with Crippen molar-refractivity contribution in [1.82, 2.24) is 20.0 Å². The zero-order chi connectivity index (χ0) is 31.4. The summed E-state index contributed by atoms with van der Waals surface area (Å²) in [4.78, 5) is 45.6. The molecule has 5 N–H and O–H groups in total. The molecule has 0 aliphatic carbocycles. The lowest BCUT2D eigenvalue weighted by Gasteiger charge is -2.35. The molecule has 1 fully saturated rings. The van der Waals surface area contributed by atoms with Crippen LogP contribution in [-0.4, -0.2) is 104 Å². The maximum Gasteiger partial charge on any atom is 0.328 e. The molecule has 3 aromatic rings.